The van der Waals surface area contributed by atoms with Crippen LogP contribution in [0.25, 0.3) is 0 Å². The van der Waals surface area contributed by atoms with Crippen molar-refractivity contribution in [2.24, 2.45) is 0 Å². The van der Waals surface area contributed by atoms with E-state index in [-0.39, 0.29) is 0 Å². The molecule has 0 saturated heterocycles. The molecule has 0 bridgehead atoms. The fourth-order valence-electron chi connectivity index (χ4n) is 0.539. The van der Waals surface area contributed by atoms with Gasteiger partial charge < -0.3 is 0 Å². The average molecular weight is 123 g/mol. The normalized spacial score (nSPS) is 9.12. The molecule has 0 radical (unpaired) electrons. The fourth-order valence-corrected chi connectivity index (χ4v) is 0.809. The SMILES string of the molecule is Bc1cncc(S)c1. The van der Waals surface area contributed by atoms with Crippen LogP contribution in [0.15, 0.2) is 23.4 Å². The third kappa shape index (κ3) is 1.27. The Morgan fingerprint density at radius 2 is 2.25 bits per heavy atom. The zero-order valence-electron chi connectivity index (χ0n) is 4.63. The molecular weight excluding hydrogens is 117 g/mol. The highest BCUT2D eigenvalue weighted by Crippen LogP contribution is 1.96. The van der Waals surface area contributed by atoms with Gasteiger partial charge in [-0.15, -0.1) is 12.6 Å². The summed E-state index contributed by atoms with van der Waals surface area (Å²) in [6, 6.07) is 1.97. The van der Waals surface area contributed by atoms with Gasteiger partial charge in [-0.1, -0.05) is 11.5 Å². The Labute approximate surface area is 55.0 Å². The number of nitrogens with zero attached hydrogens (tertiary/aromatic N) is 1. The van der Waals surface area contributed by atoms with E-state index in [2.05, 4.69) is 17.6 Å². The van der Waals surface area contributed by atoms with E-state index in [1.165, 1.54) is 0 Å². The molecule has 1 nitrogen and oxygen atoms in total. The summed E-state index contributed by atoms with van der Waals surface area (Å²) in [5.74, 6) is 0. The average Bonchev–Trinajstić information content (AvgIpc) is 1.64. The minimum absolute atomic E-state index is 0.921. The first-order valence-electron chi connectivity index (χ1n) is 2.39. The van der Waals surface area contributed by atoms with E-state index in [4.69, 9.17) is 0 Å². The first-order valence-corrected chi connectivity index (χ1v) is 2.84. The monoisotopic (exact) mass is 123 g/mol. The van der Waals surface area contributed by atoms with Gasteiger partial charge in [-0.05, 0) is 0 Å². The van der Waals surface area contributed by atoms with Crippen molar-refractivity contribution in [3.05, 3.63) is 18.5 Å². The van der Waals surface area contributed by atoms with Crippen LogP contribution >= 0.6 is 12.6 Å². The molecule has 1 aromatic heterocycles. The summed E-state index contributed by atoms with van der Waals surface area (Å²) in [5.41, 5.74) is 1.15. The standard InChI is InChI=1S/C5H6BNS/c6-4-1-5(8)3-7-2-4/h1-3,8H,6H2. The number of thiol groups is 1. The minimum atomic E-state index is 0.921. The van der Waals surface area contributed by atoms with E-state index in [0.717, 1.165) is 10.4 Å². The van der Waals surface area contributed by atoms with Gasteiger partial charge in [-0.25, -0.2) is 0 Å². The Balaban J connectivity index is 3.08. The second-order valence-corrected chi connectivity index (χ2v) is 2.24. The lowest BCUT2D eigenvalue weighted by atomic mass is 9.99. The Bertz CT molecular complexity index is 172. The number of hydrogen-bond acceptors (Lipinski definition) is 2. The van der Waals surface area contributed by atoms with Gasteiger partial charge in [0.1, 0.15) is 7.85 Å². The van der Waals surface area contributed by atoms with Crippen molar-refractivity contribution in [3.63, 3.8) is 0 Å². The highest BCUT2D eigenvalue weighted by Gasteiger charge is 1.82. The summed E-state index contributed by atoms with van der Waals surface area (Å²) in [7, 11) is 1.99. The molecule has 1 heterocycles. The number of hydrogen-bond donors (Lipinski definition) is 1. The van der Waals surface area contributed by atoms with E-state index in [9.17, 15) is 0 Å². The van der Waals surface area contributed by atoms with Crippen LogP contribution in [0, 0.1) is 0 Å². The lowest BCUT2D eigenvalue weighted by Crippen LogP contribution is -2.01. The molecule has 0 fully saturated rings. The summed E-state index contributed by atoms with van der Waals surface area (Å²) < 4.78 is 0. The van der Waals surface area contributed by atoms with Crippen LogP contribution < -0.4 is 5.46 Å². The first kappa shape index (κ1) is 5.70. The van der Waals surface area contributed by atoms with Gasteiger partial charge in [0, 0.05) is 17.3 Å². The van der Waals surface area contributed by atoms with Crippen molar-refractivity contribution in [1.82, 2.24) is 4.98 Å². The van der Waals surface area contributed by atoms with Gasteiger partial charge in [0.25, 0.3) is 0 Å². The summed E-state index contributed by atoms with van der Waals surface area (Å²) in [6.07, 6.45) is 3.52. The smallest absolute Gasteiger partial charge is 0.141 e. The predicted molar refractivity (Wildman–Crippen MR) is 39.7 cm³/mol. The molecule has 0 aliphatic rings. The maximum absolute atomic E-state index is 4.09. The second kappa shape index (κ2) is 2.22. The van der Waals surface area contributed by atoms with Crippen LogP contribution in [0.2, 0.25) is 0 Å². The van der Waals surface area contributed by atoms with Crippen molar-refractivity contribution < 1.29 is 0 Å². The van der Waals surface area contributed by atoms with Gasteiger partial charge in [-0.2, -0.15) is 0 Å². The summed E-state index contributed by atoms with van der Waals surface area (Å²) in [6.45, 7) is 0. The molecule has 40 valence electrons. The third-order valence-corrected chi connectivity index (χ3v) is 1.11. The van der Waals surface area contributed by atoms with Gasteiger partial charge >= 0.3 is 0 Å². The van der Waals surface area contributed by atoms with Crippen molar-refractivity contribution in [2.45, 2.75) is 4.90 Å². The molecule has 1 rings (SSSR count). The Kier molecular flexibility index (Phi) is 1.58. The van der Waals surface area contributed by atoms with Crippen LogP contribution in [-0.4, -0.2) is 12.8 Å². The van der Waals surface area contributed by atoms with Crippen LogP contribution in [0.1, 0.15) is 0 Å². The molecule has 0 atom stereocenters. The fraction of sp³-hybridized carbons (Fsp3) is 0. The van der Waals surface area contributed by atoms with Crippen LogP contribution in [0.3, 0.4) is 0 Å². The Hall–Kier alpha value is -0.435. The largest absolute Gasteiger partial charge is 0.264 e. The van der Waals surface area contributed by atoms with Gasteiger partial charge in [0.15, 0.2) is 0 Å². The highest BCUT2D eigenvalue weighted by molar-refractivity contribution is 7.80. The molecule has 3 heteroatoms. The summed E-state index contributed by atoms with van der Waals surface area (Å²) in [5, 5.41) is 0. The van der Waals surface area contributed by atoms with E-state index < -0.39 is 0 Å². The number of pyridine rings is 1. The van der Waals surface area contributed by atoms with Crippen LogP contribution in [0.5, 0.6) is 0 Å². The van der Waals surface area contributed by atoms with Gasteiger partial charge in [-0.3, -0.25) is 4.98 Å². The maximum Gasteiger partial charge on any atom is 0.141 e. The Morgan fingerprint density at radius 3 is 2.62 bits per heavy atom. The molecular formula is C5H6BNS. The molecule has 0 saturated carbocycles. The van der Waals surface area contributed by atoms with Crippen LogP contribution in [0.4, 0.5) is 0 Å². The zero-order valence-corrected chi connectivity index (χ0v) is 5.52. The molecule has 0 N–H and O–H groups in total. The van der Waals surface area contributed by atoms with Gasteiger partial charge in [0.05, 0.1) is 0 Å². The van der Waals surface area contributed by atoms with Crippen LogP contribution in [-0.2, 0) is 0 Å². The second-order valence-electron chi connectivity index (χ2n) is 1.72. The summed E-state index contributed by atoms with van der Waals surface area (Å²) >= 11 is 4.09. The van der Waals surface area contributed by atoms with E-state index in [1.807, 2.05) is 13.9 Å². The molecule has 1 aromatic rings. The predicted octanol–water partition coefficient (Wildman–Crippen LogP) is -0.371. The highest BCUT2D eigenvalue weighted by atomic mass is 32.1. The van der Waals surface area contributed by atoms with E-state index >= 15 is 0 Å². The lowest BCUT2D eigenvalue weighted by Gasteiger charge is -1.89. The van der Waals surface area contributed by atoms with Gasteiger partial charge in [0.2, 0.25) is 0 Å². The summed E-state index contributed by atoms with van der Waals surface area (Å²) in [4.78, 5) is 4.83. The molecule has 0 spiro atoms. The van der Waals surface area contributed by atoms with E-state index in [1.54, 1.807) is 12.4 Å². The molecule has 0 aliphatic heterocycles. The van der Waals surface area contributed by atoms with Crippen molar-refractivity contribution in [2.75, 3.05) is 0 Å². The molecule has 0 unspecified atom stereocenters. The van der Waals surface area contributed by atoms with Crippen molar-refractivity contribution in [1.29, 1.82) is 0 Å². The quantitative estimate of drug-likeness (QED) is 0.366. The maximum atomic E-state index is 4.09. The zero-order chi connectivity index (χ0) is 5.98. The Morgan fingerprint density at radius 1 is 1.50 bits per heavy atom. The van der Waals surface area contributed by atoms with E-state index in [0.29, 0.717) is 0 Å². The topological polar surface area (TPSA) is 12.9 Å². The molecule has 0 aliphatic carbocycles. The number of rotatable bonds is 0. The molecule has 0 amide bonds. The minimum Gasteiger partial charge on any atom is -0.264 e. The molecule has 8 heavy (non-hydrogen) atoms. The lowest BCUT2D eigenvalue weighted by molar-refractivity contribution is 1.26. The van der Waals surface area contributed by atoms with Crippen molar-refractivity contribution in [3.8, 4) is 0 Å². The first-order chi connectivity index (χ1) is 3.79. The third-order valence-electron chi connectivity index (χ3n) is 0.861. The van der Waals surface area contributed by atoms with Crippen molar-refractivity contribution >= 4 is 25.9 Å². The molecule has 0 aromatic carbocycles. The number of aromatic nitrogens is 1.